The summed E-state index contributed by atoms with van der Waals surface area (Å²) >= 11 is 0. The molecule has 1 saturated heterocycles. The lowest BCUT2D eigenvalue weighted by atomic mass is 9.77. The number of alkyl halides is 3. The monoisotopic (exact) mass is 369 g/mol. The minimum Gasteiger partial charge on any atom is -0.399 e. The van der Waals surface area contributed by atoms with E-state index in [4.69, 9.17) is 9.31 Å². The quantitative estimate of drug-likeness (QED) is 0.832. The van der Waals surface area contributed by atoms with Gasteiger partial charge in [0.05, 0.1) is 22.3 Å². The van der Waals surface area contributed by atoms with Crippen LogP contribution in [0.25, 0.3) is 0 Å². The number of nitrogens with one attached hydrogen (secondary N) is 1. The van der Waals surface area contributed by atoms with Crippen LogP contribution < -0.4 is 10.8 Å². The zero-order valence-electron chi connectivity index (χ0n) is 15.4. The van der Waals surface area contributed by atoms with Crippen LogP contribution in [0.4, 0.5) is 13.2 Å². The molecule has 0 atom stereocenters. The lowest BCUT2D eigenvalue weighted by molar-refractivity contribution is -0.137. The lowest BCUT2D eigenvalue weighted by Gasteiger charge is -2.32. The van der Waals surface area contributed by atoms with Crippen LogP contribution in [-0.4, -0.2) is 30.3 Å². The fraction of sp³-hybridized carbons (Fsp3) is 0.611. The van der Waals surface area contributed by atoms with E-state index in [1.807, 2.05) is 27.7 Å². The molecule has 3 rings (SSSR count). The molecule has 142 valence electrons. The molecule has 1 saturated carbocycles. The number of hydrogen-bond acceptors (Lipinski definition) is 3. The predicted octanol–water partition coefficient (Wildman–Crippen LogP) is 3.29. The Labute approximate surface area is 151 Å². The summed E-state index contributed by atoms with van der Waals surface area (Å²) in [6, 6.07) is 3.59. The highest BCUT2D eigenvalue weighted by Crippen LogP contribution is 2.37. The molecule has 1 amide bonds. The van der Waals surface area contributed by atoms with Crippen LogP contribution in [0.1, 0.15) is 62.9 Å². The molecule has 0 unspecified atom stereocenters. The van der Waals surface area contributed by atoms with Crippen LogP contribution in [-0.2, 0) is 15.5 Å². The van der Waals surface area contributed by atoms with E-state index in [1.54, 1.807) is 0 Å². The van der Waals surface area contributed by atoms with Crippen LogP contribution in [0.5, 0.6) is 0 Å². The molecule has 2 aliphatic rings. The van der Waals surface area contributed by atoms with Crippen molar-refractivity contribution in [2.75, 3.05) is 0 Å². The van der Waals surface area contributed by atoms with Gasteiger partial charge in [-0.1, -0.05) is 6.07 Å². The largest absolute Gasteiger partial charge is 0.494 e. The van der Waals surface area contributed by atoms with Crippen LogP contribution in [0, 0.1) is 0 Å². The van der Waals surface area contributed by atoms with E-state index >= 15 is 0 Å². The Morgan fingerprint density at radius 2 is 1.73 bits per heavy atom. The molecule has 2 fully saturated rings. The van der Waals surface area contributed by atoms with E-state index in [1.165, 1.54) is 12.1 Å². The Morgan fingerprint density at radius 3 is 2.19 bits per heavy atom. The summed E-state index contributed by atoms with van der Waals surface area (Å²) in [4.78, 5) is 12.3. The molecule has 4 nitrogen and oxygen atoms in total. The number of amides is 1. The topological polar surface area (TPSA) is 47.6 Å². The van der Waals surface area contributed by atoms with Crippen molar-refractivity contribution >= 4 is 18.5 Å². The van der Waals surface area contributed by atoms with Gasteiger partial charge in [-0.2, -0.15) is 13.2 Å². The predicted molar refractivity (Wildman–Crippen MR) is 92.3 cm³/mol. The highest BCUT2D eigenvalue weighted by atomic mass is 19.4. The maximum Gasteiger partial charge on any atom is 0.494 e. The minimum atomic E-state index is -4.65. The average molecular weight is 369 g/mol. The maximum absolute atomic E-state index is 13.6. The second-order valence-electron chi connectivity index (χ2n) is 7.99. The molecule has 1 heterocycles. The van der Waals surface area contributed by atoms with Gasteiger partial charge >= 0.3 is 13.3 Å². The number of benzene rings is 1. The SMILES string of the molecule is CC1(C)OB(c2ccc(C(=O)NC3CCC3)c(C(F)(F)F)c2)OC1(C)C. The first-order chi connectivity index (χ1) is 11.9. The highest BCUT2D eigenvalue weighted by molar-refractivity contribution is 6.62. The van der Waals surface area contributed by atoms with E-state index < -0.39 is 36.0 Å². The Balaban J connectivity index is 1.91. The average Bonchev–Trinajstić information content (AvgIpc) is 2.69. The van der Waals surface area contributed by atoms with Crippen molar-refractivity contribution in [1.29, 1.82) is 0 Å². The van der Waals surface area contributed by atoms with Gasteiger partial charge in [-0.15, -0.1) is 0 Å². The van der Waals surface area contributed by atoms with Crippen LogP contribution >= 0.6 is 0 Å². The van der Waals surface area contributed by atoms with Crippen molar-refractivity contribution in [3.8, 4) is 0 Å². The van der Waals surface area contributed by atoms with Gasteiger partial charge < -0.3 is 14.6 Å². The third-order valence-corrected chi connectivity index (χ3v) is 5.56. The third-order valence-electron chi connectivity index (χ3n) is 5.56. The molecular weight excluding hydrogens is 346 g/mol. The van der Waals surface area contributed by atoms with Gasteiger partial charge in [-0.05, 0) is 64.6 Å². The first kappa shape index (κ1) is 19.2. The van der Waals surface area contributed by atoms with Gasteiger partial charge in [-0.3, -0.25) is 4.79 Å². The molecule has 0 radical (unpaired) electrons. The fourth-order valence-corrected chi connectivity index (χ4v) is 2.94. The molecule has 1 aliphatic heterocycles. The standard InChI is InChI=1S/C18H23BF3NO3/c1-16(2)17(3,4)26-19(25-16)11-8-9-13(14(10-11)18(20,21)22)15(24)23-12-6-5-7-12/h8-10,12H,5-7H2,1-4H3,(H,23,24). The van der Waals surface area contributed by atoms with E-state index in [0.29, 0.717) is 0 Å². The summed E-state index contributed by atoms with van der Waals surface area (Å²) in [5, 5.41) is 2.66. The second-order valence-corrected chi connectivity index (χ2v) is 7.99. The number of rotatable bonds is 3. The molecule has 0 aromatic heterocycles. The van der Waals surface area contributed by atoms with Gasteiger partial charge in [0.25, 0.3) is 5.91 Å². The summed E-state index contributed by atoms with van der Waals surface area (Å²) in [6.07, 6.45) is -2.05. The van der Waals surface area contributed by atoms with Crippen molar-refractivity contribution in [2.45, 2.75) is 70.4 Å². The smallest absolute Gasteiger partial charge is 0.399 e. The maximum atomic E-state index is 13.6. The van der Waals surface area contributed by atoms with Crippen molar-refractivity contribution < 1.29 is 27.3 Å². The van der Waals surface area contributed by atoms with Gasteiger partial charge in [0.15, 0.2) is 0 Å². The first-order valence-corrected chi connectivity index (χ1v) is 8.78. The molecule has 1 aromatic carbocycles. The number of halogens is 3. The van der Waals surface area contributed by atoms with E-state index in [-0.39, 0.29) is 17.1 Å². The second kappa shape index (κ2) is 6.27. The van der Waals surface area contributed by atoms with Crippen LogP contribution in [0.3, 0.4) is 0 Å². The minimum absolute atomic E-state index is 0.0358. The summed E-state index contributed by atoms with van der Waals surface area (Å²) in [5.41, 5.74) is -2.41. The molecule has 26 heavy (non-hydrogen) atoms. The van der Waals surface area contributed by atoms with Gasteiger partial charge in [0.2, 0.25) is 0 Å². The number of carbonyl (C=O) groups excluding carboxylic acids is 1. The van der Waals surface area contributed by atoms with Crippen LogP contribution in [0.2, 0.25) is 0 Å². The van der Waals surface area contributed by atoms with Crippen molar-refractivity contribution in [1.82, 2.24) is 5.32 Å². The molecule has 0 spiro atoms. The zero-order chi connectivity index (χ0) is 19.3. The van der Waals surface area contributed by atoms with Crippen molar-refractivity contribution in [2.24, 2.45) is 0 Å². The van der Waals surface area contributed by atoms with Crippen molar-refractivity contribution in [3.63, 3.8) is 0 Å². The molecule has 1 N–H and O–H groups in total. The summed E-state index contributed by atoms with van der Waals surface area (Å²) in [6.45, 7) is 7.33. The summed E-state index contributed by atoms with van der Waals surface area (Å²) in [7, 11) is -0.912. The fourth-order valence-electron chi connectivity index (χ4n) is 2.94. The molecule has 1 aliphatic carbocycles. The van der Waals surface area contributed by atoms with Crippen molar-refractivity contribution in [3.05, 3.63) is 29.3 Å². The zero-order valence-corrected chi connectivity index (χ0v) is 15.4. The van der Waals surface area contributed by atoms with Gasteiger partial charge in [0.1, 0.15) is 0 Å². The van der Waals surface area contributed by atoms with Gasteiger partial charge in [-0.25, -0.2) is 0 Å². The Bertz CT molecular complexity index is 698. The van der Waals surface area contributed by atoms with E-state index in [2.05, 4.69) is 5.32 Å². The molecule has 0 bridgehead atoms. The highest BCUT2D eigenvalue weighted by Gasteiger charge is 2.52. The number of carbonyl (C=O) groups is 1. The van der Waals surface area contributed by atoms with Gasteiger partial charge in [0, 0.05) is 6.04 Å². The van der Waals surface area contributed by atoms with Crippen LogP contribution in [0.15, 0.2) is 18.2 Å². The summed E-state index contributed by atoms with van der Waals surface area (Å²) in [5.74, 6) is -0.692. The lowest BCUT2D eigenvalue weighted by Crippen LogP contribution is -2.41. The summed E-state index contributed by atoms with van der Waals surface area (Å²) < 4.78 is 52.3. The normalized spacial score (nSPS) is 22.2. The molecule has 1 aromatic rings. The Hall–Kier alpha value is -1.54. The molecule has 8 heteroatoms. The Morgan fingerprint density at radius 1 is 1.15 bits per heavy atom. The first-order valence-electron chi connectivity index (χ1n) is 8.78. The Kier molecular flexibility index (Phi) is 4.64. The number of hydrogen-bond donors (Lipinski definition) is 1. The third kappa shape index (κ3) is 3.49. The van der Waals surface area contributed by atoms with E-state index in [0.717, 1.165) is 25.3 Å². The molecular formula is C18H23BF3NO3. The van der Waals surface area contributed by atoms with E-state index in [9.17, 15) is 18.0 Å².